The van der Waals surface area contributed by atoms with Crippen LogP contribution in [0.3, 0.4) is 0 Å². The molecule has 0 fully saturated rings. The number of carbonyl (C=O) groups is 3. The van der Waals surface area contributed by atoms with E-state index in [1.807, 2.05) is 21.1 Å². The second-order valence-corrected chi connectivity index (χ2v) is 22.0. The lowest BCUT2D eigenvalue weighted by Crippen LogP contribution is -2.44. The lowest BCUT2D eigenvalue weighted by Gasteiger charge is -2.26. The third-order valence-electron chi connectivity index (χ3n) is 13.4. The lowest BCUT2D eigenvalue weighted by molar-refractivity contribution is -0.870. The highest BCUT2D eigenvalue weighted by atomic mass is 16.7. The summed E-state index contributed by atoms with van der Waals surface area (Å²) in [6.07, 6.45) is 71.4. The number of quaternary nitrogens is 1. The van der Waals surface area contributed by atoms with Crippen LogP contribution in [-0.4, -0.2) is 82.3 Å². The molecular weight excluding hydrogens is 935 g/mol. The van der Waals surface area contributed by atoms with Crippen molar-refractivity contribution in [3.63, 3.8) is 0 Å². The van der Waals surface area contributed by atoms with Crippen molar-refractivity contribution in [2.24, 2.45) is 0 Å². The van der Waals surface area contributed by atoms with Crippen LogP contribution in [-0.2, 0) is 33.3 Å². The molecule has 0 aromatic heterocycles. The average molecular weight is 1050 g/mol. The molecule has 0 aliphatic rings. The minimum atomic E-state index is -1.63. The Morgan fingerprint density at radius 2 is 0.760 bits per heavy atom. The van der Waals surface area contributed by atoms with Gasteiger partial charge in [0.15, 0.2) is 12.4 Å². The number of carboxylic acid groups (broad SMARTS) is 1. The largest absolute Gasteiger partial charge is 0.545 e. The number of carbonyl (C=O) groups excluding carboxylic acids is 3. The molecule has 0 amide bonds. The third-order valence-corrected chi connectivity index (χ3v) is 13.4. The van der Waals surface area contributed by atoms with Crippen molar-refractivity contribution in [2.75, 3.05) is 47.5 Å². The number of rotatable bonds is 57. The number of hydrogen-bond acceptors (Lipinski definition) is 8. The normalized spacial score (nSPS) is 13.2. The lowest BCUT2D eigenvalue weighted by atomic mass is 10.0. The quantitative estimate of drug-likeness (QED) is 0.0195. The third kappa shape index (κ3) is 58.3. The van der Waals surface area contributed by atoms with Gasteiger partial charge in [0, 0.05) is 12.8 Å². The topological polar surface area (TPSA) is 111 Å². The van der Waals surface area contributed by atoms with Crippen molar-refractivity contribution < 1.29 is 42.9 Å². The summed E-state index contributed by atoms with van der Waals surface area (Å²) < 4.78 is 22.6. The van der Waals surface area contributed by atoms with E-state index in [-0.39, 0.29) is 38.6 Å². The van der Waals surface area contributed by atoms with Gasteiger partial charge in [-0.3, -0.25) is 9.59 Å². The zero-order valence-corrected chi connectivity index (χ0v) is 49.4. The minimum Gasteiger partial charge on any atom is -0.545 e. The number of aliphatic carboxylic acids is 1. The van der Waals surface area contributed by atoms with Gasteiger partial charge < -0.3 is 33.3 Å². The van der Waals surface area contributed by atoms with Crippen LogP contribution in [0.1, 0.15) is 271 Å². The van der Waals surface area contributed by atoms with Crippen molar-refractivity contribution in [2.45, 2.75) is 283 Å². The Balaban J connectivity index is 4.00. The van der Waals surface area contributed by atoms with Gasteiger partial charge in [-0.2, -0.15) is 0 Å². The molecule has 9 heteroatoms. The highest BCUT2D eigenvalue weighted by molar-refractivity contribution is 5.70. The van der Waals surface area contributed by atoms with Crippen LogP contribution in [0.15, 0.2) is 72.9 Å². The predicted octanol–water partition coefficient (Wildman–Crippen LogP) is 17.2. The Morgan fingerprint density at radius 1 is 0.413 bits per heavy atom. The fourth-order valence-corrected chi connectivity index (χ4v) is 8.68. The molecule has 0 bridgehead atoms. The van der Waals surface area contributed by atoms with Gasteiger partial charge in [-0.1, -0.05) is 247 Å². The van der Waals surface area contributed by atoms with Crippen LogP contribution >= 0.6 is 0 Å². The first-order valence-electron chi connectivity index (χ1n) is 31.1. The fourth-order valence-electron chi connectivity index (χ4n) is 8.68. The minimum absolute atomic E-state index is 0.142. The van der Waals surface area contributed by atoms with Gasteiger partial charge in [0.25, 0.3) is 0 Å². The van der Waals surface area contributed by atoms with Gasteiger partial charge >= 0.3 is 11.9 Å². The summed E-state index contributed by atoms with van der Waals surface area (Å²) in [7, 11) is 5.91. The second-order valence-electron chi connectivity index (χ2n) is 22.0. The molecule has 0 N–H and O–H groups in total. The standard InChI is InChI=1S/C66H117NO8/c1-6-8-10-12-14-16-18-20-21-22-23-24-25-26-27-28-29-30-31-32-33-34-35-36-37-38-39-40-41-42-43-45-47-49-51-53-55-57-64(69)75-62(61-74-66(65(70)71)72-59-58-67(3,4)5)60-73-63(68)56-54-52-50-48-46-44-19-17-15-13-11-9-7-2/h9,11,15,17-18,20,22-23,25-26,44,46,62,66H,6-8,10,12-14,16,19,21,24,27-43,45,47-61H2,1-5H3/b11-9-,17-15-,20-18-,23-22-,26-25-,46-44-. The van der Waals surface area contributed by atoms with E-state index in [9.17, 15) is 19.5 Å². The van der Waals surface area contributed by atoms with E-state index in [0.717, 1.165) is 64.2 Å². The van der Waals surface area contributed by atoms with Crippen LogP contribution in [0.2, 0.25) is 0 Å². The Morgan fingerprint density at radius 3 is 1.15 bits per heavy atom. The molecule has 75 heavy (non-hydrogen) atoms. The average Bonchev–Trinajstić information content (AvgIpc) is 3.38. The molecule has 0 radical (unpaired) electrons. The molecule has 0 saturated carbocycles. The van der Waals surface area contributed by atoms with Gasteiger partial charge in [-0.05, 0) is 83.5 Å². The van der Waals surface area contributed by atoms with Crippen LogP contribution in [0.4, 0.5) is 0 Å². The van der Waals surface area contributed by atoms with E-state index in [4.69, 9.17) is 18.9 Å². The number of ether oxygens (including phenoxy) is 4. The van der Waals surface area contributed by atoms with E-state index >= 15 is 0 Å². The number of likely N-dealkylation sites (N-methyl/N-ethyl adjacent to an activating group) is 1. The molecule has 0 aliphatic carbocycles. The van der Waals surface area contributed by atoms with E-state index in [2.05, 4.69) is 86.8 Å². The zero-order valence-electron chi connectivity index (χ0n) is 49.4. The van der Waals surface area contributed by atoms with Crippen LogP contribution in [0, 0.1) is 0 Å². The molecule has 0 saturated heterocycles. The molecule has 0 rings (SSSR count). The fraction of sp³-hybridized carbons (Fsp3) is 0.773. The van der Waals surface area contributed by atoms with E-state index in [0.29, 0.717) is 23.9 Å². The van der Waals surface area contributed by atoms with Crippen molar-refractivity contribution in [1.29, 1.82) is 0 Å². The Bertz CT molecular complexity index is 1460. The van der Waals surface area contributed by atoms with E-state index in [1.54, 1.807) is 0 Å². The number of unbranched alkanes of at least 4 members (excludes halogenated alkanes) is 30. The molecule has 434 valence electrons. The monoisotopic (exact) mass is 1050 g/mol. The van der Waals surface area contributed by atoms with Crippen molar-refractivity contribution in [1.82, 2.24) is 0 Å². The SMILES string of the molecule is CC/C=C\C/C=C\C/C=C\CCCCCC(=O)OCC(COC(OCC[N+](C)(C)C)C(=O)[O-])OC(=O)CCCCCCCCCCCCCCCCCCCCCCCC/C=C\C/C=C\C/C=C\CCCCCCC. The van der Waals surface area contributed by atoms with Crippen molar-refractivity contribution in [3.05, 3.63) is 72.9 Å². The van der Waals surface area contributed by atoms with E-state index < -0.39 is 24.3 Å². The Kier molecular flexibility index (Phi) is 54.4. The summed E-state index contributed by atoms with van der Waals surface area (Å²) in [4.78, 5) is 37.2. The van der Waals surface area contributed by atoms with Gasteiger partial charge in [-0.25, -0.2) is 0 Å². The van der Waals surface area contributed by atoms with Crippen molar-refractivity contribution in [3.8, 4) is 0 Å². The molecule has 0 aromatic rings. The molecule has 0 heterocycles. The molecule has 0 aromatic carbocycles. The molecular formula is C66H117NO8. The smallest absolute Gasteiger partial charge is 0.306 e. The Labute approximate surface area is 462 Å². The van der Waals surface area contributed by atoms with Crippen LogP contribution in [0.25, 0.3) is 0 Å². The molecule has 0 aliphatic heterocycles. The summed E-state index contributed by atoms with van der Waals surface area (Å²) in [5.41, 5.74) is 0. The summed E-state index contributed by atoms with van der Waals surface area (Å²) in [5.74, 6) is -2.32. The summed E-state index contributed by atoms with van der Waals surface area (Å²) in [6.45, 7) is 4.60. The van der Waals surface area contributed by atoms with Gasteiger partial charge in [0.2, 0.25) is 0 Å². The van der Waals surface area contributed by atoms with Crippen molar-refractivity contribution >= 4 is 17.9 Å². The Hall–Kier alpha value is -3.27. The number of esters is 2. The number of nitrogens with zero attached hydrogens (tertiary/aromatic N) is 1. The number of allylic oxidation sites excluding steroid dienone is 12. The number of carboxylic acids is 1. The van der Waals surface area contributed by atoms with Gasteiger partial charge in [-0.15, -0.1) is 0 Å². The maximum Gasteiger partial charge on any atom is 0.306 e. The zero-order chi connectivity index (χ0) is 54.8. The highest BCUT2D eigenvalue weighted by Crippen LogP contribution is 2.17. The summed E-state index contributed by atoms with van der Waals surface area (Å²) >= 11 is 0. The van der Waals surface area contributed by atoms with Gasteiger partial charge in [0.1, 0.15) is 13.2 Å². The maximum atomic E-state index is 12.9. The van der Waals surface area contributed by atoms with E-state index in [1.165, 1.54) is 167 Å². The molecule has 2 atom stereocenters. The number of hydrogen-bond donors (Lipinski definition) is 0. The molecule has 9 nitrogen and oxygen atoms in total. The second kappa shape index (κ2) is 56.9. The first kappa shape index (κ1) is 71.7. The maximum absolute atomic E-state index is 12.9. The van der Waals surface area contributed by atoms with Gasteiger partial charge in [0.05, 0.1) is 40.3 Å². The molecule has 2 unspecified atom stereocenters. The molecule has 0 spiro atoms. The van der Waals surface area contributed by atoms with Crippen LogP contribution < -0.4 is 5.11 Å². The van der Waals surface area contributed by atoms with Crippen LogP contribution in [0.5, 0.6) is 0 Å². The summed E-state index contributed by atoms with van der Waals surface area (Å²) in [6, 6.07) is 0. The first-order valence-corrected chi connectivity index (χ1v) is 31.1. The first-order chi connectivity index (χ1) is 36.6. The highest BCUT2D eigenvalue weighted by Gasteiger charge is 2.22. The summed E-state index contributed by atoms with van der Waals surface area (Å²) in [5, 5.41) is 11.8. The predicted molar refractivity (Wildman–Crippen MR) is 315 cm³/mol.